The molecule has 1 saturated heterocycles. The van der Waals surface area contributed by atoms with Crippen molar-refractivity contribution in [3.05, 3.63) is 41.1 Å². The molecule has 188 valence electrons. The van der Waals surface area contributed by atoms with Gasteiger partial charge in [-0.05, 0) is 81.4 Å². The Kier molecular flexibility index (Phi) is 7.54. The zero-order valence-corrected chi connectivity index (χ0v) is 22.9. The molecule has 5 nitrogen and oxygen atoms in total. The van der Waals surface area contributed by atoms with Crippen LogP contribution in [0.3, 0.4) is 0 Å². The maximum absolute atomic E-state index is 12.4. The summed E-state index contributed by atoms with van der Waals surface area (Å²) in [5, 5.41) is 0. The lowest BCUT2D eigenvalue weighted by atomic mass is 9.63. The Morgan fingerprint density at radius 1 is 1.09 bits per heavy atom. The fourth-order valence-electron chi connectivity index (χ4n) is 5.15. The van der Waals surface area contributed by atoms with Crippen LogP contribution in [0.25, 0.3) is 5.70 Å². The molecular formula is C29H45N3O2. The molecule has 0 spiro atoms. The predicted molar refractivity (Wildman–Crippen MR) is 142 cm³/mol. The first-order chi connectivity index (χ1) is 15.7. The molecule has 0 radical (unpaired) electrons. The van der Waals surface area contributed by atoms with Crippen molar-refractivity contribution in [2.75, 3.05) is 20.1 Å². The fourth-order valence-corrected chi connectivity index (χ4v) is 5.15. The second kappa shape index (κ2) is 9.75. The molecule has 0 unspecified atom stereocenters. The summed E-state index contributed by atoms with van der Waals surface area (Å²) in [6, 6.07) is 7.30. The van der Waals surface area contributed by atoms with Gasteiger partial charge in [-0.2, -0.15) is 0 Å². The van der Waals surface area contributed by atoms with Crippen LogP contribution in [0.1, 0.15) is 97.8 Å². The number of amides is 1. The molecular weight excluding hydrogens is 422 g/mol. The molecule has 5 heteroatoms. The fraction of sp³-hybridized carbons (Fsp3) is 0.655. The third-order valence-corrected chi connectivity index (χ3v) is 7.43. The van der Waals surface area contributed by atoms with Gasteiger partial charge in [0.25, 0.3) is 0 Å². The van der Waals surface area contributed by atoms with Gasteiger partial charge in [0.1, 0.15) is 5.60 Å². The molecule has 1 aliphatic carbocycles. The van der Waals surface area contributed by atoms with Gasteiger partial charge < -0.3 is 14.5 Å². The summed E-state index contributed by atoms with van der Waals surface area (Å²) in [5.74, 6) is 0. The van der Waals surface area contributed by atoms with E-state index < -0.39 is 5.60 Å². The second-order valence-electron chi connectivity index (χ2n) is 12.3. The number of benzene rings is 1. The molecule has 1 heterocycles. The maximum atomic E-state index is 12.4. The Bertz CT molecular complexity index is 945. The van der Waals surface area contributed by atoms with Crippen LogP contribution in [0.5, 0.6) is 0 Å². The van der Waals surface area contributed by atoms with Crippen LogP contribution < -0.4 is 0 Å². The van der Waals surface area contributed by atoms with Gasteiger partial charge in [-0.1, -0.05) is 39.8 Å². The van der Waals surface area contributed by atoms with Gasteiger partial charge in [0.05, 0.1) is 5.70 Å². The number of fused-ring (bicyclic) bond motifs is 1. The Morgan fingerprint density at radius 2 is 1.68 bits per heavy atom. The number of nitrogens with zero attached hydrogens (tertiary/aromatic N) is 3. The normalized spacial score (nSPS) is 20.9. The Balaban J connectivity index is 1.78. The predicted octanol–water partition coefficient (Wildman–Crippen LogP) is 6.76. The molecule has 1 aromatic carbocycles. The first-order valence-corrected chi connectivity index (χ1v) is 12.8. The molecule has 0 N–H and O–H groups in total. The average molecular weight is 468 g/mol. The molecule has 2 aliphatic rings. The molecule has 1 aliphatic heterocycles. The molecule has 0 aromatic heterocycles. The van der Waals surface area contributed by atoms with E-state index in [0.29, 0.717) is 19.1 Å². The van der Waals surface area contributed by atoms with Crippen molar-refractivity contribution in [2.45, 2.75) is 104 Å². The summed E-state index contributed by atoms with van der Waals surface area (Å²) in [5.41, 5.74) is 4.99. The first-order valence-electron chi connectivity index (χ1n) is 12.8. The molecule has 0 saturated carbocycles. The number of hydrogen-bond acceptors (Lipinski definition) is 4. The summed E-state index contributed by atoms with van der Waals surface area (Å²) in [7, 11) is 2.13. The minimum atomic E-state index is -0.459. The van der Waals surface area contributed by atoms with Crippen molar-refractivity contribution in [1.82, 2.24) is 9.80 Å². The summed E-state index contributed by atoms with van der Waals surface area (Å²) < 4.78 is 5.55. The van der Waals surface area contributed by atoms with E-state index in [4.69, 9.17) is 9.73 Å². The van der Waals surface area contributed by atoms with Gasteiger partial charge >= 0.3 is 6.09 Å². The first kappa shape index (κ1) is 26.3. The van der Waals surface area contributed by atoms with Crippen molar-refractivity contribution in [1.29, 1.82) is 0 Å². The lowest BCUT2D eigenvalue weighted by Gasteiger charge is -2.42. The number of aliphatic imine (C=N–C) groups is 1. The van der Waals surface area contributed by atoms with Crippen LogP contribution in [-0.4, -0.2) is 53.9 Å². The molecule has 1 aromatic rings. The lowest BCUT2D eigenvalue weighted by molar-refractivity contribution is 0.0173. The quantitative estimate of drug-likeness (QED) is 0.460. The average Bonchev–Trinajstić information content (AvgIpc) is 2.75. The van der Waals surface area contributed by atoms with E-state index in [1.54, 1.807) is 0 Å². The highest BCUT2D eigenvalue weighted by atomic mass is 16.6. The largest absolute Gasteiger partial charge is 0.444 e. The monoisotopic (exact) mass is 467 g/mol. The van der Waals surface area contributed by atoms with Gasteiger partial charge in [0.15, 0.2) is 0 Å². The molecule has 1 fully saturated rings. The number of piperidine rings is 1. The third-order valence-electron chi connectivity index (χ3n) is 7.43. The van der Waals surface area contributed by atoms with E-state index in [2.05, 4.69) is 64.0 Å². The molecule has 0 atom stereocenters. The lowest BCUT2D eigenvalue weighted by Crippen LogP contribution is -2.46. The Morgan fingerprint density at radius 3 is 2.24 bits per heavy atom. The minimum Gasteiger partial charge on any atom is -0.444 e. The Hall–Kier alpha value is -2.30. The van der Waals surface area contributed by atoms with E-state index in [0.717, 1.165) is 18.5 Å². The van der Waals surface area contributed by atoms with E-state index in [1.807, 2.05) is 38.8 Å². The highest BCUT2D eigenvalue weighted by Gasteiger charge is 2.37. The molecule has 0 bridgehead atoms. The third kappa shape index (κ3) is 6.03. The number of carbonyl (C=O) groups excluding carboxylic acids is 1. The maximum Gasteiger partial charge on any atom is 0.410 e. The molecule has 1 amide bonds. The minimum absolute atomic E-state index is 0.169. The van der Waals surface area contributed by atoms with Gasteiger partial charge in [0, 0.05) is 44.2 Å². The SMILES string of the molecule is C/C=N\C(=C/N(C)C1CCN(C(=O)OC(C)(C)C)CC1)c1ccc2c(c1)C(C)(C)CCC2(C)C. The van der Waals surface area contributed by atoms with Crippen molar-refractivity contribution < 1.29 is 9.53 Å². The summed E-state index contributed by atoms with van der Waals surface area (Å²) in [4.78, 5) is 21.3. The van der Waals surface area contributed by atoms with E-state index in [1.165, 1.54) is 29.5 Å². The topological polar surface area (TPSA) is 45.1 Å². The summed E-state index contributed by atoms with van der Waals surface area (Å²) >= 11 is 0. The number of hydrogen-bond donors (Lipinski definition) is 0. The molecule has 3 rings (SSSR count). The zero-order chi connectivity index (χ0) is 25.3. The van der Waals surface area contributed by atoms with E-state index >= 15 is 0 Å². The molecule has 34 heavy (non-hydrogen) atoms. The highest BCUT2D eigenvalue weighted by molar-refractivity contribution is 5.73. The van der Waals surface area contributed by atoms with Gasteiger partial charge in [-0.25, -0.2) is 4.79 Å². The van der Waals surface area contributed by atoms with E-state index in [9.17, 15) is 4.79 Å². The smallest absolute Gasteiger partial charge is 0.410 e. The van der Waals surface area contributed by atoms with Crippen LogP contribution in [0.2, 0.25) is 0 Å². The number of carbonyl (C=O) groups is 1. The summed E-state index contributed by atoms with van der Waals surface area (Å²) in [6.45, 7) is 18.6. The van der Waals surface area contributed by atoms with Crippen LogP contribution in [0, 0.1) is 0 Å². The second-order valence-corrected chi connectivity index (χ2v) is 12.3. The van der Waals surface area contributed by atoms with Gasteiger partial charge in [0.2, 0.25) is 0 Å². The highest BCUT2D eigenvalue weighted by Crippen LogP contribution is 2.46. The van der Waals surface area contributed by atoms with Crippen molar-refractivity contribution >= 4 is 18.0 Å². The van der Waals surface area contributed by atoms with E-state index in [-0.39, 0.29) is 16.9 Å². The van der Waals surface area contributed by atoms with Crippen molar-refractivity contribution in [3.8, 4) is 0 Å². The number of likely N-dealkylation sites (tertiary alicyclic amines) is 1. The standard InChI is InChI=1S/C29H45N3O2/c1-10-30-25(21-11-12-23-24(19-21)29(7,8)16-15-28(23,5)6)20-31(9)22-13-17-32(18-14-22)26(33)34-27(2,3)4/h10-12,19-20,22H,13-18H2,1-9H3/b25-20-,30-10-. The van der Waals surface area contributed by atoms with Crippen LogP contribution in [0.15, 0.2) is 29.4 Å². The summed E-state index contributed by atoms with van der Waals surface area (Å²) in [6.07, 6.45) is 8.09. The van der Waals surface area contributed by atoms with Crippen LogP contribution in [-0.2, 0) is 15.6 Å². The Labute approximate surface area is 207 Å². The van der Waals surface area contributed by atoms with Crippen LogP contribution in [0.4, 0.5) is 4.79 Å². The van der Waals surface area contributed by atoms with Crippen molar-refractivity contribution in [2.24, 2.45) is 4.99 Å². The van der Waals surface area contributed by atoms with Crippen molar-refractivity contribution in [3.63, 3.8) is 0 Å². The van der Waals surface area contributed by atoms with Crippen LogP contribution >= 0.6 is 0 Å². The number of ether oxygens (including phenoxy) is 1. The van der Waals surface area contributed by atoms with Gasteiger partial charge in [-0.15, -0.1) is 0 Å². The van der Waals surface area contributed by atoms with Gasteiger partial charge in [-0.3, -0.25) is 4.99 Å². The zero-order valence-electron chi connectivity index (χ0n) is 22.9. The number of rotatable bonds is 4.